The highest BCUT2D eigenvalue weighted by Crippen LogP contribution is 2.27. The van der Waals surface area contributed by atoms with Crippen LogP contribution < -0.4 is 0 Å². The van der Waals surface area contributed by atoms with Gasteiger partial charge in [-0.05, 0) is 42.4 Å². The van der Waals surface area contributed by atoms with E-state index in [0.29, 0.717) is 23.4 Å². The summed E-state index contributed by atoms with van der Waals surface area (Å²) in [5.74, 6) is 0.527. The van der Waals surface area contributed by atoms with Gasteiger partial charge < -0.3 is 5.11 Å². The summed E-state index contributed by atoms with van der Waals surface area (Å²) < 4.78 is 0. The first kappa shape index (κ1) is 18.0. The minimum absolute atomic E-state index is 0.370. The number of aliphatic hydroxyl groups excluding tert-OH is 1. The summed E-state index contributed by atoms with van der Waals surface area (Å²) >= 11 is 0. The first-order valence-electron chi connectivity index (χ1n) is 7.75. The summed E-state index contributed by atoms with van der Waals surface area (Å²) in [5.41, 5.74) is 0.877. The lowest BCUT2D eigenvalue weighted by Gasteiger charge is -2.22. The third kappa shape index (κ3) is 12.4. The Morgan fingerprint density at radius 3 is 1.72 bits per heavy atom. The van der Waals surface area contributed by atoms with Gasteiger partial charge in [-0.1, -0.05) is 60.8 Å². The standard InChI is InChI=1S/C17H36O/c1-16(2,3)12-9-7-8-10-15(14-18)11-13-17(4,5)6/h15,18H,7-14H2,1-6H3/t15-/m0/s1. The van der Waals surface area contributed by atoms with E-state index in [1.165, 1.54) is 44.9 Å². The molecular formula is C17H36O. The van der Waals surface area contributed by atoms with Crippen molar-refractivity contribution in [2.45, 2.75) is 86.5 Å². The van der Waals surface area contributed by atoms with Crippen molar-refractivity contribution in [3.63, 3.8) is 0 Å². The van der Waals surface area contributed by atoms with Crippen LogP contribution in [0.1, 0.15) is 86.5 Å². The molecule has 0 aromatic rings. The van der Waals surface area contributed by atoms with Gasteiger partial charge in [-0.15, -0.1) is 0 Å². The van der Waals surface area contributed by atoms with Crippen LogP contribution >= 0.6 is 0 Å². The van der Waals surface area contributed by atoms with Gasteiger partial charge >= 0.3 is 0 Å². The van der Waals surface area contributed by atoms with E-state index in [4.69, 9.17) is 0 Å². The predicted octanol–water partition coefficient (Wildman–Crippen LogP) is 5.42. The van der Waals surface area contributed by atoms with Crippen LogP contribution in [0.2, 0.25) is 0 Å². The Hall–Kier alpha value is -0.0400. The van der Waals surface area contributed by atoms with Crippen molar-refractivity contribution in [3.05, 3.63) is 0 Å². The Balaban J connectivity index is 3.62. The molecule has 0 heterocycles. The zero-order chi connectivity index (χ0) is 14.2. The molecule has 0 rings (SSSR count). The first-order chi connectivity index (χ1) is 8.14. The Labute approximate surface area is 115 Å². The van der Waals surface area contributed by atoms with Crippen LogP contribution in [-0.2, 0) is 0 Å². The smallest absolute Gasteiger partial charge is 0.0459 e. The van der Waals surface area contributed by atoms with E-state index >= 15 is 0 Å². The highest BCUT2D eigenvalue weighted by Gasteiger charge is 2.15. The largest absolute Gasteiger partial charge is 0.396 e. The Bertz CT molecular complexity index is 195. The highest BCUT2D eigenvalue weighted by atomic mass is 16.3. The van der Waals surface area contributed by atoms with Crippen molar-refractivity contribution >= 4 is 0 Å². The van der Waals surface area contributed by atoms with Crippen molar-refractivity contribution in [3.8, 4) is 0 Å². The molecule has 110 valence electrons. The Morgan fingerprint density at radius 1 is 0.722 bits per heavy atom. The zero-order valence-electron chi connectivity index (χ0n) is 13.7. The lowest BCUT2D eigenvalue weighted by Crippen LogP contribution is -2.12. The molecule has 1 N–H and O–H groups in total. The van der Waals surface area contributed by atoms with E-state index in [-0.39, 0.29) is 0 Å². The molecule has 0 unspecified atom stereocenters. The molecule has 0 aromatic carbocycles. The summed E-state index contributed by atoms with van der Waals surface area (Å²) in [6, 6.07) is 0. The van der Waals surface area contributed by atoms with Crippen LogP contribution in [0.3, 0.4) is 0 Å². The number of hydrogen-bond acceptors (Lipinski definition) is 1. The first-order valence-corrected chi connectivity index (χ1v) is 7.75. The van der Waals surface area contributed by atoms with E-state index in [1.807, 2.05) is 0 Å². The van der Waals surface area contributed by atoms with Crippen molar-refractivity contribution < 1.29 is 5.11 Å². The maximum atomic E-state index is 9.41. The second kappa shape index (κ2) is 8.19. The number of hydrogen-bond donors (Lipinski definition) is 1. The molecule has 18 heavy (non-hydrogen) atoms. The van der Waals surface area contributed by atoms with Gasteiger partial charge in [-0.25, -0.2) is 0 Å². The molecule has 0 bridgehead atoms. The van der Waals surface area contributed by atoms with Gasteiger partial charge in [0, 0.05) is 6.61 Å². The predicted molar refractivity (Wildman–Crippen MR) is 81.8 cm³/mol. The van der Waals surface area contributed by atoms with Crippen LogP contribution in [0, 0.1) is 16.7 Å². The second-order valence-corrected chi connectivity index (χ2v) is 8.31. The van der Waals surface area contributed by atoms with E-state index < -0.39 is 0 Å². The normalized spacial score (nSPS) is 14.8. The van der Waals surface area contributed by atoms with E-state index in [9.17, 15) is 5.11 Å². The number of aliphatic hydroxyl groups is 1. The molecule has 0 fully saturated rings. The summed E-state index contributed by atoms with van der Waals surface area (Å²) in [7, 11) is 0. The Morgan fingerprint density at radius 2 is 1.28 bits per heavy atom. The summed E-state index contributed by atoms with van der Waals surface area (Å²) in [6.07, 6.45) is 8.87. The Kier molecular flexibility index (Phi) is 8.18. The van der Waals surface area contributed by atoms with E-state index in [2.05, 4.69) is 41.5 Å². The maximum Gasteiger partial charge on any atom is 0.0459 e. The molecule has 0 aliphatic rings. The maximum absolute atomic E-state index is 9.41. The van der Waals surface area contributed by atoms with Crippen LogP contribution in [-0.4, -0.2) is 11.7 Å². The fourth-order valence-electron chi connectivity index (χ4n) is 2.23. The van der Waals surface area contributed by atoms with Gasteiger partial charge in [0.25, 0.3) is 0 Å². The van der Waals surface area contributed by atoms with Crippen molar-refractivity contribution in [2.24, 2.45) is 16.7 Å². The molecule has 0 spiro atoms. The van der Waals surface area contributed by atoms with Crippen LogP contribution in [0.15, 0.2) is 0 Å². The molecule has 0 aliphatic heterocycles. The second-order valence-electron chi connectivity index (χ2n) is 8.31. The molecule has 0 aromatic heterocycles. The topological polar surface area (TPSA) is 20.2 Å². The molecule has 0 saturated heterocycles. The molecule has 1 heteroatoms. The molecule has 1 atom stereocenters. The molecule has 0 aliphatic carbocycles. The van der Waals surface area contributed by atoms with Gasteiger partial charge in [-0.3, -0.25) is 0 Å². The van der Waals surface area contributed by atoms with Gasteiger partial charge in [0.05, 0.1) is 0 Å². The molecular weight excluding hydrogens is 220 g/mol. The van der Waals surface area contributed by atoms with Crippen molar-refractivity contribution in [1.82, 2.24) is 0 Å². The summed E-state index contributed by atoms with van der Waals surface area (Å²) in [6.45, 7) is 14.2. The average molecular weight is 256 g/mol. The van der Waals surface area contributed by atoms with E-state index in [1.54, 1.807) is 0 Å². The minimum atomic E-state index is 0.370. The van der Waals surface area contributed by atoms with Gasteiger partial charge in [0.15, 0.2) is 0 Å². The number of rotatable bonds is 8. The SMILES string of the molecule is CC(C)(C)CCCCC[C@H](CO)CCC(C)(C)C. The fourth-order valence-corrected chi connectivity index (χ4v) is 2.23. The monoisotopic (exact) mass is 256 g/mol. The molecule has 1 nitrogen and oxygen atoms in total. The summed E-state index contributed by atoms with van der Waals surface area (Å²) in [4.78, 5) is 0. The lowest BCUT2D eigenvalue weighted by molar-refractivity contribution is 0.189. The van der Waals surface area contributed by atoms with Crippen molar-refractivity contribution in [1.29, 1.82) is 0 Å². The zero-order valence-corrected chi connectivity index (χ0v) is 13.7. The molecule has 0 saturated carbocycles. The molecule has 0 radical (unpaired) electrons. The van der Waals surface area contributed by atoms with Crippen LogP contribution in [0.4, 0.5) is 0 Å². The average Bonchev–Trinajstić information content (AvgIpc) is 2.19. The number of unbranched alkanes of at least 4 members (excludes halogenated alkanes) is 2. The third-order valence-electron chi connectivity index (χ3n) is 3.60. The fraction of sp³-hybridized carbons (Fsp3) is 1.00. The van der Waals surface area contributed by atoms with Crippen LogP contribution in [0.25, 0.3) is 0 Å². The third-order valence-corrected chi connectivity index (χ3v) is 3.60. The minimum Gasteiger partial charge on any atom is -0.396 e. The van der Waals surface area contributed by atoms with Crippen molar-refractivity contribution in [2.75, 3.05) is 6.61 Å². The van der Waals surface area contributed by atoms with E-state index in [0.717, 1.165) is 0 Å². The summed E-state index contributed by atoms with van der Waals surface area (Å²) in [5, 5.41) is 9.41. The quantitative estimate of drug-likeness (QED) is 0.575. The van der Waals surface area contributed by atoms with Gasteiger partial charge in [0.1, 0.15) is 0 Å². The van der Waals surface area contributed by atoms with Gasteiger partial charge in [0.2, 0.25) is 0 Å². The lowest BCUT2D eigenvalue weighted by atomic mass is 9.85. The van der Waals surface area contributed by atoms with Gasteiger partial charge in [-0.2, -0.15) is 0 Å². The molecule has 0 amide bonds. The highest BCUT2D eigenvalue weighted by molar-refractivity contribution is 4.67. The van der Waals surface area contributed by atoms with Crippen LogP contribution in [0.5, 0.6) is 0 Å².